The van der Waals surface area contributed by atoms with Crippen molar-refractivity contribution in [1.29, 1.82) is 0 Å². The lowest BCUT2D eigenvalue weighted by Gasteiger charge is -2.41. The lowest BCUT2D eigenvalue weighted by atomic mass is 9.90. The van der Waals surface area contributed by atoms with Crippen molar-refractivity contribution >= 4 is 0 Å². The van der Waals surface area contributed by atoms with Gasteiger partial charge in [0.15, 0.2) is 0 Å². The van der Waals surface area contributed by atoms with Crippen molar-refractivity contribution in [2.75, 3.05) is 20.2 Å². The summed E-state index contributed by atoms with van der Waals surface area (Å²) in [4.78, 5) is 2.56. The molecule has 112 valence electrons. The number of hydrogen-bond acceptors (Lipinski definition) is 3. The highest BCUT2D eigenvalue weighted by Crippen LogP contribution is 2.31. The van der Waals surface area contributed by atoms with Gasteiger partial charge in [-0.25, -0.2) is 0 Å². The predicted octanol–water partition coefficient (Wildman–Crippen LogP) is 2.95. The molecule has 20 heavy (non-hydrogen) atoms. The summed E-state index contributed by atoms with van der Waals surface area (Å²) in [6.07, 6.45) is 2.34. The van der Waals surface area contributed by atoms with E-state index in [0.29, 0.717) is 18.6 Å². The summed E-state index contributed by atoms with van der Waals surface area (Å²) in [5.74, 6) is 0.676. The molecule has 0 amide bonds. The monoisotopic (exact) mass is 276 g/mol. The Morgan fingerprint density at radius 3 is 2.60 bits per heavy atom. The zero-order valence-corrected chi connectivity index (χ0v) is 13.0. The second-order valence-corrected chi connectivity index (χ2v) is 6.31. The van der Waals surface area contributed by atoms with Gasteiger partial charge in [0.05, 0.1) is 6.61 Å². The lowest BCUT2D eigenvalue weighted by Crippen LogP contribution is -2.47. The van der Waals surface area contributed by atoms with Crippen LogP contribution in [0.3, 0.4) is 0 Å². The van der Waals surface area contributed by atoms with E-state index in [2.05, 4.69) is 43.0 Å². The quantitative estimate of drug-likeness (QED) is 0.898. The molecular weight excluding hydrogens is 248 g/mol. The van der Waals surface area contributed by atoms with Gasteiger partial charge in [-0.1, -0.05) is 38.1 Å². The van der Waals surface area contributed by atoms with Gasteiger partial charge >= 0.3 is 0 Å². The molecule has 1 saturated heterocycles. The van der Waals surface area contributed by atoms with Crippen molar-refractivity contribution in [3.05, 3.63) is 35.4 Å². The van der Waals surface area contributed by atoms with E-state index in [-0.39, 0.29) is 6.04 Å². The Labute approximate surface area is 123 Å². The predicted molar refractivity (Wildman–Crippen MR) is 83.5 cm³/mol. The number of ether oxygens (including phenoxy) is 1. The highest BCUT2D eigenvalue weighted by atomic mass is 16.5. The van der Waals surface area contributed by atoms with Crippen molar-refractivity contribution in [1.82, 2.24) is 4.90 Å². The molecule has 3 heteroatoms. The first kappa shape index (κ1) is 15.5. The molecule has 0 radical (unpaired) electrons. The maximum Gasteiger partial charge on any atom is 0.0713 e. The Kier molecular flexibility index (Phi) is 5.58. The molecule has 0 saturated carbocycles. The standard InChI is InChI=1S/C17H28N2O/c1-13(2)11-19-10-4-5-16(18)17(19)15-8-6-14(7-9-15)12-20-3/h6-9,13,16-17H,4-5,10-12,18H2,1-3H3. The van der Waals surface area contributed by atoms with Crippen molar-refractivity contribution in [2.45, 2.75) is 45.4 Å². The van der Waals surface area contributed by atoms with E-state index in [0.717, 1.165) is 19.5 Å². The van der Waals surface area contributed by atoms with E-state index in [4.69, 9.17) is 10.5 Å². The summed E-state index contributed by atoms with van der Waals surface area (Å²) < 4.78 is 5.17. The molecule has 2 atom stereocenters. The lowest BCUT2D eigenvalue weighted by molar-refractivity contribution is 0.114. The van der Waals surface area contributed by atoms with Gasteiger partial charge in [-0.05, 0) is 36.4 Å². The molecule has 1 aliphatic rings. The van der Waals surface area contributed by atoms with E-state index in [1.54, 1.807) is 7.11 Å². The Morgan fingerprint density at radius 2 is 2.00 bits per heavy atom. The second kappa shape index (κ2) is 7.21. The third-order valence-corrected chi connectivity index (χ3v) is 4.01. The number of rotatable bonds is 5. The molecular formula is C17H28N2O. The smallest absolute Gasteiger partial charge is 0.0713 e. The van der Waals surface area contributed by atoms with Crippen LogP contribution in [0, 0.1) is 5.92 Å². The van der Waals surface area contributed by atoms with Crippen LogP contribution in [0.4, 0.5) is 0 Å². The van der Waals surface area contributed by atoms with Crippen molar-refractivity contribution in [3.63, 3.8) is 0 Å². The largest absolute Gasteiger partial charge is 0.380 e. The summed E-state index contributed by atoms with van der Waals surface area (Å²) in [6, 6.07) is 9.37. The molecule has 1 aromatic carbocycles. The van der Waals surface area contributed by atoms with Crippen LogP contribution in [0.2, 0.25) is 0 Å². The van der Waals surface area contributed by atoms with Gasteiger partial charge < -0.3 is 10.5 Å². The topological polar surface area (TPSA) is 38.5 Å². The minimum atomic E-state index is 0.246. The Hall–Kier alpha value is -0.900. The van der Waals surface area contributed by atoms with Crippen LogP contribution in [0.25, 0.3) is 0 Å². The first-order valence-electron chi connectivity index (χ1n) is 7.69. The molecule has 0 aliphatic carbocycles. The van der Waals surface area contributed by atoms with Crippen LogP contribution < -0.4 is 5.73 Å². The summed E-state index contributed by atoms with van der Waals surface area (Å²) in [5, 5.41) is 0. The van der Waals surface area contributed by atoms with Gasteiger partial charge in [-0.15, -0.1) is 0 Å². The van der Waals surface area contributed by atoms with Gasteiger partial charge in [-0.3, -0.25) is 4.90 Å². The highest BCUT2D eigenvalue weighted by Gasteiger charge is 2.30. The van der Waals surface area contributed by atoms with E-state index in [1.807, 2.05) is 0 Å². The van der Waals surface area contributed by atoms with Crippen molar-refractivity contribution in [2.24, 2.45) is 11.7 Å². The highest BCUT2D eigenvalue weighted by molar-refractivity contribution is 5.26. The number of methoxy groups -OCH3 is 1. The van der Waals surface area contributed by atoms with E-state index < -0.39 is 0 Å². The van der Waals surface area contributed by atoms with Gasteiger partial charge in [0, 0.05) is 25.7 Å². The maximum atomic E-state index is 6.41. The Morgan fingerprint density at radius 1 is 1.30 bits per heavy atom. The number of benzene rings is 1. The van der Waals surface area contributed by atoms with Crippen molar-refractivity contribution in [3.8, 4) is 0 Å². The van der Waals surface area contributed by atoms with Crippen LogP contribution in [0.1, 0.15) is 43.9 Å². The van der Waals surface area contributed by atoms with Crippen LogP contribution in [0.15, 0.2) is 24.3 Å². The second-order valence-electron chi connectivity index (χ2n) is 6.31. The molecule has 3 nitrogen and oxygen atoms in total. The average molecular weight is 276 g/mol. The number of piperidine rings is 1. The molecule has 1 fully saturated rings. The Balaban J connectivity index is 2.16. The van der Waals surface area contributed by atoms with Gasteiger partial charge in [0.2, 0.25) is 0 Å². The normalized spacial score (nSPS) is 24.2. The zero-order valence-electron chi connectivity index (χ0n) is 13.0. The number of likely N-dealkylation sites (tertiary alicyclic amines) is 1. The van der Waals surface area contributed by atoms with Gasteiger partial charge in [-0.2, -0.15) is 0 Å². The fourth-order valence-electron chi connectivity index (χ4n) is 3.21. The maximum absolute atomic E-state index is 6.41. The minimum absolute atomic E-state index is 0.246. The molecule has 0 bridgehead atoms. The van der Waals surface area contributed by atoms with E-state index >= 15 is 0 Å². The fourth-order valence-corrected chi connectivity index (χ4v) is 3.21. The van der Waals surface area contributed by atoms with Gasteiger partial charge in [0.1, 0.15) is 0 Å². The SMILES string of the molecule is COCc1ccc(C2C(N)CCCN2CC(C)C)cc1. The Bertz CT molecular complexity index is 402. The summed E-state index contributed by atoms with van der Waals surface area (Å²) >= 11 is 0. The third-order valence-electron chi connectivity index (χ3n) is 4.01. The third kappa shape index (κ3) is 3.81. The van der Waals surface area contributed by atoms with Crippen molar-refractivity contribution < 1.29 is 4.74 Å². The summed E-state index contributed by atoms with van der Waals surface area (Å²) in [6.45, 7) is 7.51. The molecule has 1 heterocycles. The summed E-state index contributed by atoms with van der Waals surface area (Å²) in [5.41, 5.74) is 8.97. The molecule has 2 rings (SSSR count). The molecule has 0 spiro atoms. The molecule has 2 N–H and O–H groups in total. The number of hydrogen-bond donors (Lipinski definition) is 1. The van der Waals surface area contributed by atoms with Gasteiger partial charge in [0.25, 0.3) is 0 Å². The summed E-state index contributed by atoms with van der Waals surface area (Å²) in [7, 11) is 1.73. The molecule has 2 unspecified atom stereocenters. The molecule has 0 aromatic heterocycles. The molecule has 1 aliphatic heterocycles. The van der Waals surface area contributed by atoms with Crippen LogP contribution in [-0.4, -0.2) is 31.1 Å². The van der Waals surface area contributed by atoms with Crippen LogP contribution in [0.5, 0.6) is 0 Å². The van der Waals surface area contributed by atoms with Crippen LogP contribution in [-0.2, 0) is 11.3 Å². The zero-order chi connectivity index (χ0) is 14.5. The first-order valence-corrected chi connectivity index (χ1v) is 7.69. The minimum Gasteiger partial charge on any atom is -0.380 e. The van der Waals surface area contributed by atoms with E-state index in [1.165, 1.54) is 17.5 Å². The molecule has 1 aromatic rings. The number of nitrogens with zero attached hydrogens (tertiary/aromatic N) is 1. The van der Waals surface area contributed by atoms with Crippen LogP contribution >= 0.6 is 0 Å². The fraction of sp³-hybridized carbons (Fsp3) is 0.647. The number of nitrogens with two attached hydrogens (primary N) is 1. The van der Waals surface area contributed by atoms with E-state index in [9.17, 15) is 0 Å². The average Bonchev–Trinajstić information content (AvgIpc) is 2.40. The first-order chi connectivity index (χ1) is 9.61.